The van der Waals surface area contributed by atoms with Gasteiger partial charge in [-0.2, -0.15) is 0 Å². The SMILES string of the molecule is CC(C)CNCc1ccc(COc2ccc(Cl)cc2)s1. The van der Waals surface area contributed by atoms with Crippen LogP contribution in [0.5, 0.6) is 5.75 Å². The van der Waals surface area contributed by atoms with E-state index in [1.54, 1.807) is 11.3 Å². The van der Waals surface area contributed by atoms with E-state index in [0.717, 1.165) is 23.9 Å². The number of halogens is 1. The summed E-state index contributed by atoms with van der Waals surface area (Å²) in [5.41, 5.74) is 0. The molecule has 2 nitrogen and oxygen atoms in total. The monoisotopic (exact) mass is 309 g/mol. The van der Waals surface area contributed by atoms with E-state index in [1.807, 2.05) is 24.3 Å². The fraction of sp³-hybridized carbons (Fsp3) is 0.375. The quantitative estimate of drug-likeness (QED) is 0.798. The van der Waals surface area contributed by atoms with Crippen LogP contribution in [0.3, 0.4) is 0 Å². The smallest absolute Gasteiger partial charge is 0.122 e. The Labute approximate surface area is 129 Å². The maximum Gasteiger partial charge on any atom is 0.122 e. The van der Waals surface area contributed by atoms with Crippen molar-refractivity contribution in [3.8, 4) is 5.75 Å². The lowest BCUT2D eigenvalue weighted by atomic mass is 10.2. The zero-order chi connectivity index (χ0) is 14.4. The Balaban J connectivity index is 1.79. The van der Waals surface area contributed by atoms with Gasteiger partial charge in [-0.05, 0) is 48.9 Å². The predicted octanol–water partition coefficient (Wildman–Crippen LogP) is 4.73. The summed E-state index contributed by atoms with van der Waals surface area (Å²) in [5, 5.41) is 4.18. The molecule has 0 fully saturated rings. The van der Waals surface area contributed by atoms with E-state index in [0.29, 0.717) is 12.5 Å². The van der Waals surface area contributed by atoms with Crippen LogP contribution in [-0.2, 0) is 13.2 Å². The minimum atomic E-state index is 0.608. The average Bonchev–Trinajstić information content (AvgIpc) is 2.86. The second-order valence-corrected chi connectivity index (χ2v) is 6.82. The van der Waals surface area contributed by atoms with Crippen LogP contribution < -0.4 is 10.1 Å². The van der Waals surface area contributed by atoms with E-state index >= 15 is 0 Å². The topological polar surface area (TPSA) is 21.3 Å². The molecule has 0 atom stereocenters. The fourth-order valence-electron chi connectivity index (χ4n) is 1.76. The van der Waals surface area contributed by atoms with Crippen molar-refractivity contribution in [3.63, 3.8) is 0 Å². The lowest BCUT2D eigenvalue weighted by molar-refractivity contribution is 0.310. The van der Waals surface area contributed by atoms with E-state index < -0.39 is 0 Å². The third-order valence-corrected chi connectivity index (χ3v) is 4.07. The third kappa shape index (κ3) is 5.16. The van der Waals surface area contributed by atoms with Gasteiger partial charge in [0.2, 0.25) is 0 Å². The number of hydrogen-bond acceptors (Lipinski definition) is 3. The minimum absolute atomic E-state index is 0.608. The molecule has 1 heterocycles. The molecule has 2 aromatic rings. The van der Waals surface area contributed by atoms with E-state index in [-0.39, 0.29) is 0 Å². The Hall–Kier alpha value is -1.03. The van der Waals surface area contributed by atoms with Crippen molar-refractivity contribution in [2.75, 3.05) is 6.54 Å². The molecule has 2 rings (SSSR count). The van der Waals surface area contributed by atoms with E-state index in [9.17, 15) is 0 Å². The third-order valence-electron chi connectivity index (χ3n) is 2.76. The molecule has 0 saturated carbocycles. The van der Waals surface area contributed by atoms with Crippen LogP contribution in [-0.4, -0.2) is 6.54 Å². The summed E-state index contributed by atoms with van der Waals surface area (Å²) >= 11 is 7.64. The van der Waals surface area contributed by atoms with E-state index in [2.05, 4.69) is 31.3 Å². The molecule has 0 bridgehead atoms. The predicted molar refractivity (Wildman–Crippen MR) is 86.6 cm³/mol. The van der Waals surface area contributed by atoms with Crippen molar-refractivity contribution in [1.82, 2.24) is 5.32 Å². The lowest BCUT2D eigenvalue weighted by Crippen LogP contribution is -2.18. The Bertz CT molecular complexity index is 522. The number of rotatable bonds is 7. The summed E-state index contributed by atoms with van der Waals surface area (Å²) in [6.07, 6.45) is 0. The van der Waals surface area contributed by atoms with Crippen LogP contribution >= 0.6 is 22.9 Å². The molecule has 0 aliphatic heterocycles. The first-order valence-electron chi connectivity index (χ1n) is 6.80. The van der Waals surface area contributed by atoms with Crippen LogP contribution in [0.4, 0.5) is 0 Å². The zero-order valence-corrected chi connectivity index (χ0v) is 13.4. The summed E-state index contributed by atoms with van der Waals surface area (Å²) in [6.45, 7) is 7.02. The molecule has 4 heteroatoms. The van der Waals surface area contributed by atoms with Crippen molar-refractivity contribution in [3.05, 3.63) is 51.2 Å². The Morgan fingerprint density at radius 1 is 1.10 bits per heavy atom. The molecular formula is C16H20ClNOS. The largest absolute Gasteiger partial charge is 0.488 e. The summed E-state index contributed by atoms with van der Waals surface area (Å²) < 4.78 is 5.73. The Morgan fingerprint density at radius 2 is 1.80 bits per heavy atom. The maximum absolute atomic E-state index is 5.84. The van der Waals surface area contributed by atoms with Crippen LogP contribution in [0.2, 0.25) is 5.02 Å². The van der Waals surface area contributed by atoms with Gasteiger partial charge in [-0.15, -0.1) is 11.3 Å². The van der Waals surface area contributed by atoms with Crippen LogP contribution in [0, 0.1) is 5.92 Å². The lowest BCUT2D eigenvalue weighted by Gasteiger charge is -2.05. The number of benzene rings is 1. The minimum Gasteiger partial charge on any atom is -0.488 e. The van der Waals surface area contributed by atoms with Gasteiger partial charge in [-0.3, -0.25) is 0 Å². The van der Waals surface area contributed by atoms with Crippen molar-refractivity contribution < 1.29 is 4.74 Å². The van der Waals surface area contributed by atoms with Gasteiger partial charge < -0.3 is 10.1 Å². The molecule has 0 spiro atoms. The van der Waals surface area contributed by atoms with Crippen LogP contribution in [0.1, 0.15) is 23.6 Å². The van der Waals surface area contributed by atoms with Crippen LogP contribution in [0.25, 0.3) is 0 Å². The van der Waals surface area contributed by atoms with E-state index in [1.165, 1.54) is 9.75 Å². The standard InChI is InChI=1S/C16H20ClNOS/c1-12(2)9-18-10-15-7-8-16(20-15)11-19-14-5-3-13(17)4-6-14/h3-8,12,18H,9-11H2,1-2H3. The zero-order valence-electron chi connectivity index (χ0n) is 11.9. The van der Waals surface area contributed by atoms with Gasteiger partial charge in [-0.1, -0.05) is 25.4 Å². The highest BCUT2D eigenvalue weighted by atomic mass is 35.5. The number of thiophene rings is 1. The second-order valence-electron chi connectivity index (χ2n) is 5.14. The first-order chi connectivity index (χ1) is 9.63. The highest BCUT2D eigenvalue weighted by Gasteiger charge is 2.02. The molecule has 108 valence electrons. The van der Waals surface area contributed by atoms with Gasteiger partial charge in [-0.25, -0.2) is 0 Å². The van der Waals surface area contributed by atoms with Gasteiger partial charge in [0.05, 0.1) is 0 Å². The normalized spacial score (nSPS) is 11.0. The summed E-state index contributed by atoms with van der Waals surface area (Å²) in [5.74, 6) is 1.53. The summed E-state index contributed by atoms with van der Waals surface area (Å²) in [4.78, 5) is 2.58. The molecule has 0 unspecified atom stereocenters. The highest BCUT2D eigenvalue weighted by molar-refractivity contribution is 7.11. The Morgan fingerprint density at radius 3 is 2.50 bits per heavy atom. The van der Waals surface area contributed by atoms with Crippen LogP contribution in [0.15, 0.2) is 36.4 Å². The maximum atomic E-state index is 5.84. The van der Waals surface area contributed by atoms with E-state index in [4.69, 9.17) is 16.3 Å². The summed E-state index contributed by atoms with van der Waals surface area (Å²) in [7, 11) is 0. The fourth-order valence-corrected chi connectivity index (χ4v) is 2.79. The number of nitrogens with one attached hydrogen (secondary N) is 1. The molecule has 0 amide bonds. The van der Waals surface area contributed by atoms with Crippen molar-refractivity contribution in [2.45, 2.75) is 27.0 Å². The molecule has 0 radical (unpaired) electrons. The first-order valence-corrected chi connectivity index (χ1v) is 7.99. The van der Waals surface area contributed by atoms with Crippen molar-refractivity contribution >= 4 is 22.9 Å². The molecule has 0 aliphatic rings. The van der Waals surface area contributed by atoms with Gasteiger partial charge in [0.1, 0.15) is 12.4 Å². The number of hydrogen-bond donors (Lipinski definition) is 1. The second kappa shape index (κ2) is 7.67. The van der Waals surface area contributed by atoms with Crippen molar-refractivity contribution in [1.29, 1.82) is 0 Å². The van der Waals surface area contributed by atoms with Gasteiger partial charge >= 0.3 is 0 Å². The molecule has 1 aromatic carbocycles. The molecular weight excluding hydrogens is 290 g/mol. The molecule has 0 saturated heterocycles. The van der Waals surface area contributed by atoms with Gasteiger partial charge in [0.25, 0.3) is 0 Å². The average molecular weight is 310 g/mol. The number of ether oxygens (including phenoxy) is 1. The molecule has 20 heavy (non-hydrogen) atoms. The molecule has 1 N–H and O–H groups in total. The first kappa shape index (κ1) is 15.4. The van der Waals surface area contributed by atoms with Gasteiger partial charge in [0.15, 0.2) is 0 Å². The summed E-state index contributed by atoms with van der Waals surface area (Å²) in [6, 6.07) is 11.8. The Kier molecular flexibility index (Phi) is 5.89. The van der Waals surface area contributed by atoms with Crippen molar-refractivity contribution in [2.24, 2.45) is 5.92 Å². The highest BCUT2D eigenvalue weighted by Crippen LogP contribution is 2.20. The molecule has 1 aromatic heterocycles. The molecule has 0 aliphatic carbocycles. The van der Waals surface area contributed by atoms with Gasteiger partial charge in [0, 0.05) is 21.3 Å².